The van der Waals surface area contributed by atoms with E-state index in [9.17, 15) is 9.59 Å². The second-order valence-electron chi connectivity index (χ2n) is 4.60. The smallest absolute Gasteiger partial charge is 0.344 e. The maximum Gasteiger partial charge on any atom is 0.344 e. The molecule has 0 N–H and O–H groups in total. The molecule has 0 saturated heterocycles. The Bertz CT molecular complexity index is 294. The molecule has 0 aliphatic heterocycles. The van der Waals surface area contributed by atoms with Gasteiger partial charge in [0.25, 0.3) is 0 Å². The molecule has 0 aromatic carbocycles. The average molecular weight is 247 g/mol. The lowest BCUT2D eigenvalue weighted by Crippen LogP contribution is -2.32. The number of hydrogen-bond donors (Lipinski definition) is 0. The van der Waals surface area contributed by atoms with Crippen molar-refractivity contribution in [1.82, 2.24) is 0 Å². The molecule has 0 unspecified atom stereocenters. The van der Waals surface area contributed by atoms with Gasteiger partial charge in [-0.3, -0.25) is 4.79 Å². The van der Waals surface area contributed by atoms with Gasteiger partial charge in [-0.05, 0) is 38.0 Å². The summed E-state index contributed by atoms with van der Waals surface area (Å²) < 4.78 is 10.0. The van der Waals surface area contributed by atoms with Crippen LogP contribution in [0.4, 0.5) is 0 Å². The number of fused-ring (bicyclic) bond motifs is 2. The Balaban J connectivity index is 1.77. The van der Waals surface area contributed by atoms with Gasteiger partial charge >= 0.3 is 11.9 Å². The highest BCUT2D eigenvalue weighted by atomic mass is 35.5. The standard InChI is InChI=1S/C11H15ClO4/c12-6-9(13)15-7-10(14)16-11-3-1-8(5-11)2-4-11/h8H,1-7H2. The van der Waals surface area contributed by atoms with Crippen molar-refractivity contribution >= 4 is 23.5 Å². The van der Waals surface area contributed by atoms with Crippen molar-refractivity contribution in [3.8, 4) is 0 Å². The van der Waals surface area contributed by atoms with E-state index < -0.39 is 11.9 Å². The highest BCUT2D eigenvalue weighted by molar-refractivity contribution is 6.26. The molecule has 0 heterocycles. The second kappa shape index (κ2) is 4.62. The maximum absolute atomic E-state index is 11.5. The molecule has 0 amide bonds. The van der Waals surface area contributed by atoms with Gasteiger partial charge in [-0.1, -0.05) is 0 Å². The van der Waals surface area contributed by atoms with Crippen molar-refractivity contribution in [3.05, 3.63) is 0 Å². The van der Waals surface area contributed by atoms with Crippen LogP contribution in [0.2, 0.25) is 0 Å². The van der Waals surface area contributed by atoms with Crippen LogP contribution < -0.4 is 0 Å². The zero-order chi connectivity index (χ0) is 11.6. The third-order valence-electron chi connectivity index (χ3n) is 3.47. The van der Waals surface area contributed by atoms with Gasteiger partial charge in [0.2, 0.25) is 0 Å². The molecule has 2 aliphatic rings. The summed E-state index contributed by atoms with van der Waals surface area (Å²) in [6.07, 6.45) is 5.17. The fraction of sp³-hybridized carbons (Fsp3) is 0.818. The summed E-state index contributed by atoms with van der Waals surface area (Å²) in [4.78, 5) is 22.2. The molecular weight excluding hydrogens is 232 g/mol. The number of carbonyl (C=O) groups excluding carboxylic acids is 2. The Hall–Kier alpha value is -0.770. The minimum Gasteiger partial charge on any atom is -0.457 e. The minimum absolute atomic E-state index is 0.236. The van der Waals surface area contributed by atoms with Gasteiger partial charge in [-0.15, -0.1) is 11.6 Å². The third-order valence-corrected chi connectivity index (χ3v) is 3.69. The van der Waals surface area contributed by atoms with Crippen LogP contribution in [0.3, 0.4) is 0 Å². The Morgan fingerprint density at radius 3 is 2.44 bits per heavy atom. The topological polar surface area (TPSA) is 52.6 Å². The monoisotopic (exact) mass is 246 g/mol. The first-order valence-corrected chi connectivity index (χ1v) is 6.10. The average Bonchev–Trinajstić information content (AvgIpc) is 2.85. The third kappa shape index (κ3) is 2.48. The Kier molecular flexibility index (Phi) is 3.38. The van der Waals surface area contributed by atoms with Gasteiger partial charge in [0.15, 0.2) is 6.61 Å². The van der Waals surface area contributed by atoms with Crippen LogP contribution >= 0.6 is 11.6 Å². The van der Waals surface area contributed by atoms with E-state index in [2.05, 4.69) is 4.74 Å². The molecule has 0 atom stereocenters. The van der Waals surface area contributed by atoms with E-state index in [4.69, 9.17) is 16.3 Å². The summed E-state index contributed by atoms with van der Waals surface area (Å²) in [6.45, 7) is -0.321. The Morgan fingerprint density at radius 1 is 1.25 bits per heavy atom. The van der Waals surface area contributed by atoms with E-state index in [1.165, 1.54) is 0 Å². The normalized spacial score (nSPS) is 31.4. The predicted molar refractivity (Wildman–Crippen MR) is 57.1 cm³/mol. The largest absolute Gasteiger partial charge is 0.457 e. The molecule has 5 heteroatoms. The zero-order valence-corrected chi connectivity index (χ0v) is 9.79. The first kappa shape index (κ1) is 11.7. The SMILES string of the molecule is O=C(CCl)OCC(=O)OC12CCC(CC1)C2. The molecule has 2 bridgehead atoms. The lowest BCUT2D eigenvalue weighted by atomic mass is 9.97. The number of ether oxygens (including phenoxy) is 2. The van der Waals surface area contributed by atoms with Crippen molar-refractivity contribution in [2.24, 2.45) is 5.92 Å². The number of hydrogen-bond acceptors (Lipinski definition) is 4. The number of esters is 2. The second-order valence-corrected chi connectivity index (χ2v) is 4.87. The molecule has 0 aromatic rings. The first-order valence-electron chi connectivity index (χ1n) is 5.57. The highest BCUT2D eigenvalue weighted by Crippen LogP contribution is 2.49. The first-order chi connectivity index (χ1) is 7.63. The van der Waals surface area contributed by atoms with E-state index in [0.717, 1.165) is 38.0 Å². The molecule has 4 nitrogen and oxygen atoms in total. The fourth-order valence-corrected chi connectivity index (χ4v) is 2.81. The van der Waals surface area contributed by atoms with Gasteiger partial charge in [-0.2, -0.15) is 0 Å². The zero-order valence-electron chi connectivity index (χ0n) is 9.04. The van der Waals surface area contributed by atoms with Crippen LogP contribution in [0.15, 0.2) is 0 Å². The van der Waals surface area contributed by atoms with Crippen LogP contribution in [-0.4, -0.2) is 30.0 Å². The fourth-order valence-electron chi connectivity index (χ4n) is 2.73. The van der Waals surface area contributed by atoms with Gasteiger partial charge < -0.3 is 9.47 Å². The molecule has 2 aliphatic carbocycles. The van der Waals surface area contributed by atoms with Crippen LogP contribution in [0, 0.1) is 5.92 Å². The number of rotatable bonds is 4. The lowest BCUT2D eigenvalue weighted by molar-refractivity contribution is -0.168. The predicted octanol–water partition coefficient (Wildman–Crippen LogP) is 1.64. The number of alkyl halides is 1. The quantitative estimate of drug-likeness (QED) is 0.559. The number of halogens is 1. The minimum atomic E-state index is -0.591. The van der Waals surface area contributed by atoms with Gasteiger partial charge in [0.05, 0.1) is 0 Å². The van der Waals surface area contributed by atoms with Crippen LogP contribution in [0.25, 0.3) is 0 Å². The van der Waals surface area contributed by atoms with Crippen molar-refractivity contribution in [1.29, 1.82) is 0 Å². The molecule has 2 saturated carbocycles. The van der Waals surface area contributed by atoms with Gasteiger partial charge in [0.1, 0.15) is 11.5 Å². The van der Waals surface area contributed by atoms with Crippen molar-refractivity contribution in [2.75, 3.05) is 12.5 Å². The van der Waals surface area contributed by atoms with Crippen LogP contribution in [-0.2, 0) is 19.1 Å². The molecule has 2 rings (SSSR count). The van der Waals surface area contributed by atoms with E-state index >= 15 is 0 Å². The van der Waals surface area contributed by atoms with Crippen molar-refractivity contribution in [3.63, 3.8) is 0 Å². The van der Waals surface area contributed by atoms with Crippen molar-refractivity contribution < 1.29 is 19.1 Å². The molecule has 0 radical (unpaired) electrons. The summed E-state index contributed by atoms with van der Waals surface area (Å²) in [5.74, 6) is -0.563. The molecule has 0 spiro atoms. The molecular formula is C11H15ClO4. The highest BCUT2D eigenvalue weighted by Gasteiger charge is 2.47. The van der Waals surface area contributed by atoms with Gasteiger partial charge in [-0.25, -0.2) is 4.79 Å². The summed E-state index contributed by atoms with van der Waals surface area (Å²) in [6, 6.07) is 0. The van der Waals surface area contributed by atoms with Gasteiger partial charge in [0, 0.05) is 0 Å². The van der Waals surface area contributed by atoms with Crippen LogP contribution in [0.1, 0.15) is 32.1 Å². The molecule has 2 fully saturated rings. The number of carbonyl (C=O) groups is 2. The maximum atomic E-state index is 11.5. The Labute approximate surface area is 99.2 Å². The van der Waals surface area contributed by atoms with E-state index in [0.29, 0.717) is 0 Å². The van der Waals surface area contributed by atoms with E-state index in [-0.39, 0.29) is 18.1 Å². The summed E-state index contributed by atoms with van der Waals surface area (Å²) in [7, 11) is 0. The van der Waals surface area contributed by atoms with Crippen molar-refractivity contribution in [2.45, 2.75) is 37.7 Å². The Morgan fingerprint density at radius 2 is 1.94 bits per heavy atom. The lowest BCUT2D eigenvalue weighted by Gasteiger charge is -2.26. The molecule has 0 aromatic heterocycles. The van der Waals surface area contributed by atoms with E-state index in [1.54, 1.807) is 0 Å². The molecule has 16 heavy (non-hydrogen) atoms. The summed E-state index contributed by atoms with van der Waals surface area (Å²) >= 11 is 5.24. The summed E-state index contributed by atoms with van der Waals surface area (Å²) in [5.41, 5.74) is -0.255. The summed E-state index contributed by atoms with van der Waals surface area (Å²) in [5, 5.41) is 0. The van der Waals surface area contributed by atoms with Crippen LogP contribution in [0.5, 0.6) is 0 Å². The molecule has 90 valence electrons. The van der Waals surface area contributed by atoms with E-state index in [1.807, 2.05) is 0 Å².